The third-order valence-corrected chi connectivity index (χ3v) is 10.2. The highest BCUT2D eigenvalue weighted by molar-refractivity contribution is 6.74. The summed E-state index contributed by atoms with van der Waals surface area (Å²) in [5.41, 5.74) is 4.84. The molecular weight excluding hydrogens is 381 g/mol. The largest absolute Gasteiger partial charge is 0.413 e. The third-order valence-electron chi connectivity index (χ3n) is 5.74. The van der Waals surface area contributed by atoms with Gasteiger partial charge in [0.15, 0.2) is 30.9 Å². The quantitative estimate of drug-likeness (QED) is 0.454. The first kappa shape index (κ1) is 20.7. The molecule has 0 amide bonds. The van der Waals surface area contributed by atoms with Gasteiger partial charge in [-0.2, -0.15) is 14.4 Å². The van der Waals surface area contributed by atoms with Crippen LogP contribution in [0.2, 0.25) is 18.1 Å². The molecule has 0 spiro atoms. The first-order chi connectivity index (χ1) is 12.9. The van der Waals surface area contributed by atoms with E-state index >= 15 is 0 Å². The van der Waals surface area contributed by atoms with E-state index in [9.17, 15) is 9.50 Å². The Morgan fingerprint density at radius 1 is 1.50 bits per heavy atom. The number of aliphatic hydroxyl groups is 1. The number of nitrogen functional groups attached to an aromatic ring is 1. The average molecular weight is 408 g/mol. The van der Waals surface area contributed by atoms with Crippen molar-refractivity contribution in [1.29, 1.82) is 0 Å². The topological polar surface area (TPSA) is 108 Å². The molecule has 10 heteroatoms. The van der Waals surface area contributed by atoms with Crippen LogP contribution in [0.1, 0.15) is 33.4 Å². The van der Waals surface area contributed by atoms with Crippen molar-refractivity contribution in [1.82, 2.24) is 19.5 Å². The fraction of sp³-hybridized carbons (Fsp3) is 0.611. The molecule has 1 saturated heterocycles. The van der Waals surface area contributed by atoms with E-state index in [1.807, 2.05) is 0 Å². The summed E-state index contributed by atoms with van der Waals surface area (Å²) < 4.78 is 27.4. The van der Waals surface area contributed by atoms with Crippen molar-refractivity contribution >= 4 is 25.3 Å². The minimum Gasteiger partial charge on any atom is -0.413 e. The van der Waals surface area contributed by atoms with Gasteiger partial charge in [0.2, 0.25) is 0 Å². The Bertz CT molecular complexity index is 936. The fourth-order valence-corrected chi connectivity index (χ4v) is 3.86. The number of anilines is 1. The zero-order valence-electron chi connectivity index (χ0n) is 16.7. The van der Waals surface area contributed by atoms with E-state index in [4.69, 9.17) is 21.3 Å². The van der Waals surface area contributed by atoms with E-state index in [0.717, 1.165) is 0 Å². The van der Waals surface area contributed by atoms with Crippen LogP contribution < -0.4 is 5.73 Å². The van der Waals surface area contributed by atoms with Crippen LogP contribution in [0.3, 0.4) is 0 Å². The van der Waals surface area contributed by atoms with Gasteiger partial charge in [0, 0.05) is 6.42 Å². The zero-order valence-corrected chi connectivity index (χ0v) is 17.7. The number of halogens is 1. The maximum absolute atomic E-state index is 13.6. The summed E-state index contributed by atoms with van der Waals surface area (Å²) in [4.78, 5) is 11.4. The van der Waals surface area contributed by atoms with Crippen LogP contribution >= 0.6 is 0 Å². The molecule has 0 radical (unpaired) electrons. The molecular formula is C18H26FN5O3Si. The van der Waals surface area contributed by atoms with Gasteiger partial charge in [-0.25, -0.2) is 4.98 Å². The Balaban J connectivity index is 1.88. The Kier molecular flexibility index (Phi) is 5.00. The van der Waals surface area contributed by atoms with Crippen molar-refractivity contribution in [2.45, 2.75) is 63.3 Å². The number of hydrogen-bond donors (Lipinski definition) is 2. The van der Waals surface area contributed by atoms with Crippen LogP contribution in [0.25, 0.3) is 11.2 Å². The van der Waals surface area contributed by atoms with E-state index in [1.54, 1.807) is 0 Å². The van der Waals surface area contributed by atoms with Crippen molar-refractivity contribution < 1.29 is 18.7 Å². The SMILES string of the molecule is C#CC1(CO[Si](C)(C)C(C)(C)C)OC(n2cnc3c(N)nc(F)nc32)CC1O. The van der Waals surface area contributed by atoms with Crippen molar-refractivity contribution in [2.75, 3.05) is 12.3 Å². The fourth-order valence-electron chi connectivity index (χ4n) is 2.85. The Morgan fingerprint density at radius 3 is 2.79 bits per heavy atom. The second-order valence-corrected chi connectivity index (χ2v) is 13.4. The van der Waals surface area contributed by atoms with Crippen molar-refractivity contribution in [3.63, 3.8) is 0 Å². The standard InChI is InChI=1S/C18H26FN5O3Si/c1-7-18(9-26-28(5,6)17(2,3)4)11(25)8-12(27-18)24-10-21-13-14(20)22-16(19)23-15(13)24/h1,10-12,25H,8-9H2,2-6H3,(H2,20,22,23). The number of hydrogen-bond acceptors (Lipinski definition) is 7. The lowest BCUT2D eigenvalue weighted by Crippen LogP contribution is -2.49. The number of fused-ring (bicyclic) bond motifs is 1. The van der Waals surface area contributed by atoms with Gasteiger partial charge in [-0.05, 0) is 18.1 Å². The second-order valence-electron chi connectivity index (χ2n) is 8.61. The van der Waals surface area contributed by atoms with Crippen LogP contribution in [0.15, 0.2) is 6.33 Å². The summed E-state index contributed by atoms with van der Waals surface area (Å²) in [6.45, 7) is 10.6. The summed E-state index contributed by atoms with van der Waals surface area (Å²) in [5, 5.41) is 10.7. The number of aliphatic hydroxyl groups excluding tert-OH is 1. The molecule has 3 atom stereocenters. The molecule has 0 saturated carbocycles. The Labute approximate surface area is 164 Å². The van der Waals surface area contributed by atoms with Gasteiger partial charge >= 0.3 is 6.08 Å². The number of ether oxygens (including phenoxy) is 1. The van der Waals surface area contributed by atoms with E-state index in [1.165, 1.54) is 10.9 Å². The maximum Gasteiger partial charge on any atom is 0.312 e. The molecule has 3 N–H and O–H groups in total. The van der Waals surface area contributed by atoms with E-state index in [-0.39, 0.29) is 35.0 Å². The number of aromatic nitrogens is 4. The maximum atomic E-state index is 13.6. The Morgan fingerprint density at radius 2 is 2.18 bits per heavy atom. The van der Waals surface area contributed by atoms with Crippen LogP contribution in [0.5, 0.6) is 0 Å². The van der Waals surface area contributed by atoms with Gasteiger partial charge in [-0.1, -0.05) is 26.7 Å². The lowest BCUT2D eigenvalue weighted by molar-refractivity contribution is -0.0863. The number of nitrogens with two attached hydrogens (primary N) is 1. The summed E-state index contributed by atoms with van der Waals surface area (Å²) >= 11 is 0. The molecule has 2 aromatic heterocycles. The lowest BCUT2D eigenvalue weighted by atomic mass is 9.99. The molecule has 3 unspecified atom stereocenters. The van der Waals surface area contributed by atoms with Crippen LogP contribution in [0, 0.1) is 18.4 Å². The first-order valence-corrected chi connectivity index (χ1v) is 11.9. The van der Waals surface area contributed by atoms with E-state index < -0.39 is 32.3 Å². The summed E-state index contributed by atoms with van der Waals surface area (Å²) in [6.07, 6.45) is 4.74. The minimum absolute atomic E-state index is 0.0156. The highest BCUT2D eigenvalue weighted by atomic mass is 28.4. The minimum atomic E-state index is -2.10. The monoisotopic (exact) mass is 407 g/mol. The summed E-state index contributed by atoms with van der Waals surface area (Å²) in [6, 6.07) is 0. The van der Waals surface area contributed by atoms with Gasteiger partial charge in [0.05, 0.1) is 12.9 Å². The van der Waals surface area contributed by atoms with Crippen molar-refractivity contribution in [3.8, 4) is 12.3 Å². The molecule has 1 aliphatic heterocycles. The highest BCUT2D eigenvalue weighted by Crippen LogP contribution is 2.41. The average Bonchev–Trinajstić information content (AvgIpc) is 3.14. The van der Waals surface area contributed by atoms with Gasteiger partial charge < -0.3 is 20.0 Å². The molecule has 28 heavy (non-hydrogen) atoms. The Hall–Kier alpha value is -2.06. The molecule has 0 bridgehead atoms. The van der Waals surface area contributed by atoms with E-state index in [0.29, 0.717) is 0 Å². The van der Waals surface area contributed by atoms with Crippen molar-refractivity contribution in [3.05, 3.63) is 12.4 Å². The molecule has 152 valence electrons. The number of imidazole rings is 1. The van der Waals surface area contributed by atoms with Crippen LogP contribution in [-0.2, 0) is 9.16 Å². The molecule has 2 aromatic rings. The molecule has 8 nitrogen and oxygen atoms in total. The molecule has 1 fully saturated rings. The van der Waals surface area contributed by atoms with E-state index in [2.05, 4.69) is 54.7 Å². The first-order valence-electron chi connectivity index (χ1n) is 9.03. The normalized spacial score (nSPS) is 25.9. The van der Waals surface area contributed by atoms with Crippen LogP contribution in [-0.4, -0.2) is 51.3 Å². The van der Waals surface area contributed by atoms with Gasteiger partial charge in [-0.15, -0.1) is 6.42 Å². The zero-order chi connectivity index (χ0) is 20.9. The molecule has 1 aliphatic rings. The molecule has 3 heterocycles. The predicted octanol–water partition coefficient (Wildman–Crippen LogP) is 2.22. The number of rotatable bonds is 4. The highest BCUT2D eigenvalue weighted by Gasteiger charge is 2.50. The van der Waals surface area contributed by atoms with Crippen molar-refractivity contribution in [2.24, 2.45) is 0 Å². The van der Waals surface area contributed by atoms with Gasteiger partial charge in [-0.3, -0.25) is 4.57 Å². The number of terminal acetylenes is 1. The predicted molar refractivity (Wildman–Crippen MR) is 105 cm³/mol. The molecule has 3 rings (SSSR count). The second kappa shape index (κ2) is 6.77. The van der Waals surface area contributed by atoms with Gasteiger partial charge in [0.25, 0.3) is 0 Å². The van der Waals surface area contributed by atoms with Crippen LogP contribution in [0.4, 0.5) is 10.2 Å². The lowest BCUT2D eigenvalue weighted by Gasteiger charge is -2.39. The summed E-state index contributed by atoms with van der Waals surface area (Å²) in [5.74, 6) is 2.51. The smallest absolute Gasteiger partial charge is 0.312 e. The number of nitrogens with zero attached hydrogens (tertiary/aromatic N) is 4. The third kappa shape index (κ3) is 3.39. The molecule has 0 aromatic carbocycles. The molecule has 0 aliphatic carbocycles. The van der Waals surface area contributed by atoms with Gasteiger partial charge in [0.1, 0.15) is 12.3 Å². The summed E-state index contributed by atoms with van der Waals surface area (Å²) in [7, 11) is -2.10.